The Labute approximate surface area is 292 Å². The first-order chi connectivity index (χ1) is 24.0. The van der Waals surface area contributed by atoms with Crippen LogP contribution in [-0.4, -0.2) is 81.7 Å². The van der Waals surface area contributed by atoms with Crippen molar-refractivity contribution < 1.29 is 33.0 Å². The van der Waals surface area contributed by atoms with Crippen LogP contribution < -0.4 is 20.7 Å². The lowest BCUT2D eigenvalue weighted by Gasteiger charge is -2.36. The molecule has 1 unspecified atom stereocenters. The molecule has 2 aromatic carbocycles. The van der Waals surface area contributed by atoms with Crippen LogP contribution >= 0.6 is 0 Å². The second-order valence-corrected chi connectivity index (χ2v) is 13.5. The lowest BCUT2D eigenvalue weighted by atomic mass is 9.81. The van der Waals surface area contributed by atoms with Crippen LogP contribution in [0.1, 0.15) is 57.6 Å². The molecule has 4 N–H and O–H groups in total. The number of aromatic nitrogens is 1. The molecule has 3 amide bonds. The van der Waals surface area contributed by atoms with Gasteiger partial charge in [-0.1, -0.05) is 50.6 Å². The van der Waals surface area contributed by atoms with Crippen LogP contribution in [0.3, 0.4) is 0 Å². The first kappa shape index (κ1) is 36.9. The van der Waals surface area contributed by atoms with Gasteiger partial charge in [0, 0.05) is 44.7 Å². The second kappa shape index (κ2) is 16.5. The van der Waals surface area contributed by atoms with E-state index in [0.717, 1.165) is 11.6 Å². The van der Waals surface area contributed by atoms with E-state index in [9.17, 15) is 28.3 Å². The van der Waals surface area contributed by atoms with Gasteiger partial charge in [0.25, 0.3) is 0 Å². The maximum Gasteiger partial charge on any atom is 0.249 e. The molecule has 50 heavy (non-hydrogen) atoms. The SMILES string of the molecule is CCC(C)[C@@]1(NC(C)=O)CCN([C@@H](CCc2ccccc2)C(=O)N[C@@H](Cc2cc(F)cc(F)c2)[C@H](O)[C@H]2C[C@@H](Oc3cccnc3)CN2)C1=O. The van der Waals surface area contributed by atoms with Gasteiger partial charge in [-0.2, -0.15) is 0 Å². The van der Waals surface area contributed by atoms with Gasteiger partial charge in [-0.05, 0) is 67.0 Å². The fraction of sp³-hybridized carbons (Fsp3) is 0.474. The van der Waals surface area contributed by atoms with E-state index in [1.54, 1.807) is 24.5 Å². The van der Waals surface area contributed by atoms with Crippen molar-refractivity contribution in [3.63, 3.8) is 0 Å². The van der Waals surface area contributed by atoms with Crippen LogP contribution in [0, 0.1) is 17.6 Å². The third kappa shape index (κ3) is 8.83. The molecule has 2 saturated heterocycles. The lowest BCUT2D eigenvalue weighted by Crippen LogP contribution is -2.61. The molecule has 12 heteroatoms. The van der Waals surface area contributed by atoms with E-state index in [0.29, 0.717) is 38.0 Å². The van der Waals surface area contributed by atoms with Crippen molar-refractivity contribution in [2.75, 3.05) is 13.1 Å². The number of ether oxygens (including phenoxy) is 1. The highest BCUT2D eigenvalue weighted by atomic mass is 19.1. The maximum atomic E-state index is 14.4. The minimum atomic E-state index is -1.18. The Balaban J connectivity index is 1.41. The van der Waals surface area contributed by atoms with Gasteiger partial charge in [-0.15, -0.1) is 0 Å². The van der Waals surface area contributed by atoms with Crippen molar-refractivity contribution in [2.45, 2.75) is 95.2 Å². The number of nitrogens with one attached hydrogen (secondary N) is 3. The van der Waals surface area contributed by atoms with Crippen LogP contribution in [0.5, 0.6) is 5.75 Å². The zero-order chi connectivity index (χ0) is 35.8. The highest BCUT2D eigenvalue weighted by molar-refractivity contribution is 5.96. The summed E-state index contributed by atoms with van der Waals surface area (Å²) in [4.78, 5) is 46.6. The van der Waals surface area contributed by atoms with Crippen LogP contribution in [0.4, 0.5) is 8.78 Å². The quantitative estimate of drug-likeness (QED) is 0.191. The number of nitrogens with zero attached hydrogens (tertiary/aromatic N) is 2. The molecule has 0 bridgehead atoms. The van der Waals surface area contributed by atoms with Crippen molar-refractivity contribution in [2.24, 2.45) is 5.92 Å². The van der Waals surface area contributed by atoms with Crippen LogP contribution in [0.25, 0.3) is 0 Å². The molecular weight excluding hydrogens is 644 g/mol. The Morgan fingerprint density at radius 1 is 1.12 bits per heavy atom. The van der Waals surface area contributed by atoms with E-state index in [2.05, 4.69) is 20.9 Å². The number of hydrogen-bond donors (Lipinski definition) is 4. The second-order valence-electron chi connectivity index (χ2n) is 13.5. The fourth-order valence-electron chi connectivity index (χ4n) is 7.29. The molecule has 3 heterocycles. The Hall–Kier alpha value is -4.42. The minimum absolute atomic E-state index is 0.0735. The number of aryl methyl sites for hydroxylation is 1. The molecule has 0 spiro atoms. The van der Waals surface area contributed by atoms with Gasteiger partial charge in [-0.25, -0.2) is 8.78 Å². The van der Waals surface area contributed by atoms with E-state index in [1.807, 2.05) is 44.2 Å². The maximum absolute atomic E-state index is 14.4. The molecule has 2 aliphatic rings. The summed E-state index contributed by atoms with van der Waals surface area (Å²) < 4.78 is 34.6. The highest BCUT2D eigenvalue weighted by Crippen LogP contribution is 2.35. The van der Waals surface area contributed by atoms with Gasteiger partial charge in [0.1, 0.15) is 35.1 Å². The Morgan fingerprint density at radius 3 is 2.52 bits per heavy atom. The number of aliphatic hydroxyl groups is 1. The fourth-order valence-corrected chi connectivity index (χ4v) is 7.29. The summed E-state index contributed by atoms with van der Waals surface area (Å²) in [6, 6.07) is 13.8. The highest BCUT2D eigenvalue weighted by Gasteiger charge is 2.53. The Morgan fingerprint density at radius 2 is 1.86 bits per heavy atom. The molecule has 268 valence electrons. The number of aliphatic hydroxyl groups excluding tert-OH is 1. The third-order valence-electron chi connectivity index (χ3n) is 10.1. The van der Waals surface area contributed by atoms with Crippen LogP contribution in [0.15, 0.2) is 73.1 Å². The molecule has 7 atom stereocenters. The van der Waals surface area contributed by atoms with E-state index in [-0.39, 0.29) is 48.8 Å². The van der Waals surface area contributed by atoms with Crippen molar-refractivity contribution in [3.8, 4) is 5.75 Å². The van der Waals surface area contributed by atoms with Gasteiger partial charge in [-0.3, -0.25) is 19.4 Å². The zero-order valence-corrected chi connectivity index (χ0v) is 28.8. The van der Waals surface area contributed by atoms with Crippen molar-refractivity contribution in [1.29, 1.82) is 0 Å². The monoisotopic (exact) mass is 691 g/mol. The minimum Gasteiger partial charge on any atom is -0.487 e. The summed E-state index contributed by atoms with van der Waals surface area (Å²) in [5.74, 6) is -2.30. The summed E-state index contributed by atoms with van der Waals surface area (Å²) in [6.07, 6.45) is 3.84. The standard InChI is InChI=1S/C38H47F2N5O5/c1-4-24(2)38(44-25(3)46)14-16-45(37(38)49)34(13-12-26-9-6-5-7-10-26)36(48)43-33(19-27-17-28(39)20-29(40)18-27)35(47)32-21-31(23-42-32)50-30-11-8-15-41-22-30/h5-11,15,17-18,20,22,24,31-35,42,47H,4,12-14,16,19,21,23H2,1-3H3,(H,43,48)(H,44,46)/t24?,31-,32-,33+,34+,35-,38+/m1/s1. The molecule has 5 rings (SSSR count). The number of likely N-dealkylation sites (tertiary alicyclic amines) is 1. The molecule has 0 radical (unpaired) electrons. The number of halogens is 2. The molecule has 3 aromatic rings. The average Bonchev–Trinajstić information content (AvgIpc) is 3.68. The van der Waals surface area contributed by atoms with Crippen LogP contribution in [0.2, 0.25) is 0 Å². The largest absolute Gasteiger partial charge is 0.487 e. The van der Waals surface area contributed by atoms with Crippen LogP contribution in [-0.2, 0) is 27.2 Å². The molecular formula is C38H47F2N5O5. The van der Waals surface area contributed by atoms with Gasteiger partial charge < -0.3 is 30.7 Å². The normalized spacial score (nSPS) is 22.8. The van der Waals surface area contributed by atoms with Crippen molar-refractivity contribution in [1.82, 2.24) is 25.8 Å². The Bertz CT molecular complexity index is 1600. The Kier molecular flexibility index (Phi) is 12.2. The van der Waals surface area contributed by atoms with E-state index >= 15 is 0 Å². The number of carbonyl (C=O) groups excluding carboxylic acids is 3. The van der Waals surface area contributed by atoms with Gasteiger partial charge >= 0.3 is 0 Å². The van der Waals surface area contributed by atoms with E-state index in [4.69, 9.17) is 4.74 Å². The lowest BCUT2D eigenvalue weighted by molar-refractivity contribution is -0.144. The summed E-state index contributed by atoms with van der Waals surface area (Å²) in [7, 11) is 0. The average molecular weight is 692 g/mol. The molecule has 10 nitrogen and oxygen atoms in total. The third-order valence-corrected chi connectivity index (χ3v) is 10.1. The van der Waals surface area contributed by atoms with Crippen molar-refractivity contribution >= 4 is 17.7 Å². The summed E-state index contributed by atoms with van der Waals surface area (Å²) in [6.45, 7) is 5.92. The molecule has 1 aromatic heterocycles. The van der Waals surface area contributed by atoms with E-state index < -0.39 is 47.3 Å². The number of amides is 3. The summed E-state index contributed by atoms with van der Waals surface area (Å²) in [5.41, 5.74) is 0.0853. The smallest absolute Gasteiger partial charge is 0.249 e. The topological polar surface area (TPSA) is 133 Å². The van der Waals surface area contributed by atoms with E-state index in [1.165, 1.54) is 24.0 Å². The van der Waals surface area contributed by atoms with Gasteiger partial charge in [0.05, 0.1) is 18.3 Å². The van der Waals surface area contributed by atoms with Gasteiger partial charge in [0.15, 0.2) is 0 Å². The summed E-state index contributed by atoms with van der Waals surface area (Å²) >= 11 is 0. The summed E-state index contributed by atoms with van der Waals surface area (Å²) in [5, 5.41) is 21.0. The number of pyridine rings is 1. The number of rotatable bonds is 15. The first-order valence-electron chi connectivity index (χ1n) is 17.4. The zero-order valence-electron chi connectivity index (χ0n) is 28.8. The molecule has 2 aliphatic heterocycles. The number of carbonyl (C=O) groups is 3. The number of hydrogen-bond acceptors (Lipinski definition) is 7. The first-order valence-corrected chi connectivity index (χ1v) is 17.4. The molecule has 0 aliphatic carbocycles. The predicted molar refractivity (Wildman–Crippen MR) is 184 cm³/mol. The molecule has 2 fully saturated rings. The van der Waals surface area contributed by atoms with Gasteiger partial charge in [0.2, 0.25) is 17.7 Å². The number of benzene rings is 2. The van der Waals surface area contributed by atoms with Crippen molar-refractivity contribution in [3.05, 3.63) is 95.8 Å². The predicted octanol–water partition coefficient (Wildman–Crippen LogP) is 3.71. The molecule has 0 saturated carbocycles.